The van der Waals surface area contributed by atoms with Gasteiger partial charge in [0.1, 0.15) is 18.8 Å². The van der Waals surface area contributed by atoms with Crippen LogP contribution in [0.15, 0.2) is 60.7 Å². The van der Waals surface area contributed by atoms with Gasteiger partial charge in [-0.2, -0.15) is 0 Å². The Bertz CT molecular complexity index is 1270. The van der Waals surface area contributed by atoms with Crippen LogP contribution in [0.1, 0.15) is 70.4 Å². The summed E-state index contributed by atoms with van der Waals surface area (Å²) in [5, 5.41) is 0. The molecule has 2 aliphatic heterocycles. The Hall–Kier alpha value is -4.14. The van der Waals surface area contributed by atoms with Gasteiger partial charge >= 0.3 is 17.6 Å². The molecular weight excluding hydrogens is 604 g/mol. The molecule has 2 aromatic carbocycles. The molecule has 2 saturated heterocycles. The van der Waals surface area contributed by atoms with Gasteiger partial charge in [-0.15, -0.1) is 24.7 Å². The zero-order valence-electron chi connectivity index (χ0n) is 27.3. The van der Waals surface area contributed by atoms with Gasteiger partial charge in [0.05, 0.1) is 0 Å². The third-order valence-corrected chi connectivity index (χ3v) is 7.46. The lowest BCUT2D eigenvalue weighted by molar-refractivity contribution is 0.0185. The van der Waals surface area contributed by atoms with E-state index in [2.05, 4.69) is 16.6 Å². The average molecular weight is 651 g/mol. The second-order valence-electron chi connectivity index (χ2n) is 12.2. The Morgan fingerprint density at radius 2 is 1.11 bits per heavy atom. The number of hydrogen-bond acceptors (Lipinski definition) is 6. The highest BCUT2D eigenvalue weighted by atomic mass is 35.5. The molecule has 0 spiro atoms. The summed E-state index contributed by atoms with van der Waals surface area (Å²) in [5.74, 6) is 6.51. The summed E-state index contributed by atoms with van der Waals surface area (Å²) >= 11 is 4.97. The fourth-order valence-electron chi connectivity index (χ4n) is 4.82. The van der Waals surface area contributed by atoms with Crippen LogP contribution in [0.2, 0.25) is 0 Å². The van der Waals surface area contributed by atoms with Gasteiger partial charge in [-0.1, -0.05) is 60.7 Å². The zero-order chi connectivity index (χ0) is 33.8. The number of amides is 2. The number of carbonyl (C=O) groups excluding carboxylic acids is 3. The van der Waals surface area contributed by atoms with Crippen molar-refractivity contribution in [2.45, 2.75) is 78.1 Å². The minimum Gasteiger partial charge on any atom is -0.449 e. The maximum absolute atomic E-state index is 11.9. The SMILES string of the molecule is C#CCC1CCN(C(=O)OC(C)(C)C)CC1.C#CCC1CCN(C(=O)OCc2ccccc2)CC1.O=C(Cl)OCc1ccccc1. The lowest BCUT2D eigenvalue weighted by Gasteiger charge is -2.32. The first-order valence-corrected chi connectivity index (χ1v) is 16.0. The van der Waals surface area contributed by atoms with E-state index >= 15 is 0 Å². The molecule has 0 radical (unpaired) electrons. The van der Waals surface area contributed by atoms with E-state index in [1.807, 2.05) is 81.4 Å². The molecule has 0 aromatic heterocycles. The van der Waals surface area contributed by atoms with E-state index in [1.165, 1.54) is 0 Å². The van der Waals surface area contributed by atoms with Crippen molar-refractivity contribution in [2.75, 3.05) is 26.2 Å². The zero-order valence-corrected chi connectivity index (χ0v) is 28.0. The number of terminal acetylenes is 2. The normalized spacial score (nSPS) is 15.0. The van der Waals surface area contributed by atoms with Gasteiger partial charge in [0, 0.05) is 50.6 Å². The van der Waals surface area contributed by atoms with Gasteiger partial charge in [0.2, 0.25) is 0 Å². The number of hydrogen-bond donors (Lipinski definition) is 0. The summed E-state index contributed by atoms with van der Waals surface area (Å²) in [4.78, 5) is 37.4. The van der Waals surface area contributed by atoms with E-state index in [9.17, 15) is 14.4 Å². The number of ether oxygens (including phenoxy) is 3. The Morgan fingerprint density at radius 1 is 0.717 bits per heavy atom. The van der Waals surface area contributed by atoms with E-state index in [-0.39, 0.29) is 18.8 Å². The fraction of sp³-hybridized carbons (Fsp3) is 0.486. The van der Waals surface area contributed by atoms with Crippen LogP contribution >= 0.6 is 11.6 Å². The van der Waals surface area contributed by atoms with E-state index < -0.39 is 11.0 Å². The minimum absolute atomic E-state index is 0.202. The van der Waals surface area contributed by atoms with Crippen molar-refractivity contribution >= 4 is 29.2 Å². The van der Waals surface area contributed by atoms with Crippen molar-refractivity contribution in [3.8, 4) is 24.7 Å². The number of benzene rings is 2. The van der Waals surface area contributed by atoms with Gasteiger partial charge in [0.15, 0.2) is 0 Å². The Labute approximate surface area is 279 Å². The molecule has 0 atom stereocenters. The highest BCUT2D eigenvalue weighted by molar-refractivity contribution is 6.61. The van der Waals surface area contributed by atoms with Gasteiger partial charge in [0.25, 0.3) is 0 Å². The standard InChI is InChI=1S/C16H19NO2.C13H21NO2.C8H7ClO2/c1-2-6-14-9-11-17(12-10-14)16(18)19-13-15-7-4-3-5-8-15;1-5-6-11-7-9-14(10-8-11)12(15)16-13(2,3)4;9-8(10)11-6-7-4-2-1-3-5-7/h1,3-5,7-8,14H,6,9-13H2;1,11H,6-10H2,2-4H3;1-5H,6H2. The van der Waals surface area contributed by atoms with Crippen molar-refractivity contribution in [2.24, 2.45) is 11.8 Å². The number of piperidine rings is 2. The summed E-state index contributed by atoms with van der Waals surface area (Å²) in [5.41, 5.74) is 0.764. The quantitative estimate of drug-likeness (QED) is 0.178. The van der Waals surface area contributed by atoms with Crippen LogP contribution in [0.3, 0.4) is 0 Å². The van der Waals surface area contributed by atoms with Crippen LogP contribution in [-0.4, -0.2) is 59.2 Å². The number of halogens is 1. The molecule has 8 nitrogen and oxygen atoms in total. The van der Waals surface area contributed by atoms with Gasteiger partial charge in [-0.05, 0) is 69.4 Å². The van der Waals surface area contributed by atoms with Crippen LogP contribution in [-0.2, 0) is 27.4 Å². The minimum atomic E-state index is -0.770. The molecule has 0 bridgehead atoms. The lowest BCUT2D eigenvalue weighted by atomic mass is 9.94. The van der Waals surface area contributed by atoms with Crippen molar-refractivity contribution in [3.05, 3.63) is 71.8 Å². The molecule has 46 heavy (non-hydrogen) atoms. The smallest absolute Gasteiger partial charge is 0.410 e. The summed E-state index contributed by atoms with van der Waals surface area (Å²) in [7, 11) is 0. The van der Waals surface area contributed by atoms with Crippen LogP contribution in [0.25, 0.3) is 0 Å². The molecule has 2 aliphatic rings. The van der Waals surface area contributed by atoms with Crippen molar-refractivity contribution in [1.82, 2.24) is 9.80 Å². The van der Waals surface area contributed by atoms with E-state index in [4.69, 9.17) is 33.9 Å². The first kappa shape index (κ1) is 38.0. The molecule has 248 valence electrons. The molecule has 9 heteroatoms. The Morgan fingerprint density at radius 3 is 1.48 bits per heavy atom. The third-order valence-electron chi connectivity index (χ3n) is 7.35. The van der Waals surface area contributed by atoms with E-state index in [0.717, 1.165) is 75.8 Å². The molecule has 2 aromatic rings. The second-order valence-corrected chi connectivity index (χ2v) is 12.5. The summed E-state index contributed by atoms with van der Waals surface area (Å²) in [6.07, 6.45) is 15.7. The molecule has 0 unspecified atom stereocenters. The number of nitrogens with zero attached hydrogens (tertiary/aromatic N) is 2. The van der Waals surface area contributed by atoms with Crippen molar-refractivity contribution in [3.63, 3.8) is 0 Å². The molecule has 2 fully saturated rings. The predicted molar refractivity (Wildman–Crippen MR) is 181 cm³/mol. The lowest BCUT2D eigenvalue weighted by Crippen LogP contribution is -2.41. The summed E-state index contributed by atoms with van der Waals surface area (Å²) < 4.78 is 15.2. The van der Waals surface area contributed by atoms with E-state index in [0.29, 0.717) is 18.4 Å². The van der Waals surface area contributed by atoms with Gasteiger partial charge in [-0.3, -0.25) is 0 Å². The van der Waals surface area contributed by atoms with Gasteiger partial charge in [-0.25, -0.2) is 14.4 Å². The third kappa shape index (κ3) is 16.3. The van der Waals surface area contributed by atoms with Crippen LogP contribution < -0.4 is 0 Å². The molecule has 2 amide bonds. The highest BCUT2D eigenvalue weighted by Gasteiger charge is 2.26. The maximum Gasteiger partial charge on any atom is 0.410 e. The summed E-state index contributed by atoms with van der Waals surface area (Å²) in [6, 6.07) is 19.1. The average Bonchev–Trinajstić information content (AvgIpc) is 3.04. The predicted octanol–water partition coefficient (Wildman–Crippen LogP) is 8.28. The monoisotopic (exact) mass is 650 g/mol. The van der Waals surface area contributed by atoms with Crippen molar-refractivity contribution < 1.29 is 28.6 Å². The van der Waals surface area contributed by atoms with Crippen molar-refractivity contribution in [1.29, 1.82) is 0 Å². The van der Waals surface area contributed by atoms with Gasteiger partial charge < -0.3 is 24.0 Å². The first-order chi connectivity index (χ1) is 22.0. The van der Waals surface area contributed by atoms with E-state index in [1.54, 1.807) is 9.80 Å². The Balaban J connectivity index is 0.000000249. The Kier molecular flexibility index (Phi) is 17.2. The topological polar surface area (TPSA) is 85.4 Å². The second kappa shape index (κ2) is 20.8. The first-order valence-electron chi connectivity index (χ1n) is 15.7. The van der Waals surface area contributed by atoms with Crippen LogP contribution in [0.5, 0.6) is 0 Å². The number of likely N-dealkylation sites (tertiary alicyclic amines) is 2. The molecular formula is C37H47ClN2O6. The fourth-order valence-corrected chi connectivity index (χ4v) is 4.88. The number of carbonyl (C=O) groups is 3. The van der Waals surface area contributed by atoms with Crippen LogP contribution in [0.4, 0.5) is 14.4 Å². The molecule has 2 heterocycles. The van der Waals surface area contributed by atoms with Crippen LogP contribution in [0, 0.1) is 36.5 Å². The number of rotatable bonds is 6. The molecule has 0 saturated carbocycles. The largest absolute Gasteiger partial charge is 0.449 e. The molecule has 0 N–H and O–H groups in total. The molecule has 4 rings (SSSR count). The molecule has 0 aliphatic carbocycles. The highest BCUT2D eigenvalue weighted by Crippen LogP contribution is 2.22. The maximum atomic E-state index is 11.9. The summed E-state index contributed by atoms with van der Waals surface area (Å²) in [6.45, 7) is 9.26.